The quantitative estimate of drug-likeness (QED) is 0.520. The highest BCUT2D eigenvalue weighted by atomic mass is 17.2. The summed E-state index contributed by atoms with van der Waals surface area (Å²) < 4.78 is 0. The van der Waals surface area contributed by atoms with Crippen LogP contribution in [0.5, 0.6) is 0 Å². The maximum Gasteiger partial charge on any atom is 0.373 e. The van der Waals surface area contributed by atoms with Crippen LogP contribution in [0.2, 0.25) is 0 Å². The maximum absolute atomic E-state index is 12.1. The first-order valence-corrected chi connectivity index (χ1v) is 8.71. The lowest BCUT2D eigenvalue weighted by molar-refractivity contribution is -0.290. The molecule has 0 heterocycles. The Bertz CT molecular complexity index is 452. The van der Waals surface area contributed by atoms with Crippen molar-refractivity contribution in [1.29, 1.82) is 0 Å². The van der Waals surface area contributed by atoms with Crippen molar-refractivity contribution in [2.45, 2.75) is 71.3 Å². The van der Waals surface area contributed by atoms with Crippen molar-refractivity contribution in [1.82, 2.24) is 0 Å². The number of rotatable bonds is 7. The third kappa shape index (κ3) is 4.84. The summed E-state index contributed by atoms with van der Waals surface area (Å²) in [6.07, 6.45) is 9.12. The van der Waals surface area contributed by atoms with Crippen molar-refractivity contribution in [3.8, 4) is 0 Å². The molecule has 1 fully saturated rings. The Balaban J connectivity index is 1.83. The van der Waals surface area contributed by atoms with Crippen LogP contribution in [0.1, 0.15) is 74.7 Å². The number of aryl methyl sites for hydroxylation is 1. The van der Waals surface area contributed by atoms with Gasteiger partial charge in [-0.1, -0.05) is 51.7 Å². The van der Waals surface area contributed by atoms with E-state index in [1.807, 2.05) is 24.3 Å². The molecule has 0 radical (unpaired) electrons. The molecule has 1 saturated carbocycles. The van der Waals surface area contributed by atoms with Crippen molar-refractivity contribution in [2.75, 3.05) is 0 Å². The molecule has 22 heavy (non-hydrogen) atoms. The van der Waals surface area contributed by atoms with Gasteiger partial charge in [-0.25, -0.2) is 4.79 Å². The van der Waals surface area contributed by atoms with E-state index in [9.17, 15) is 4.79 Å². The van der Waals surface area contributed by atoms with Gasteiger partial charge in [0.1, 0.15) is 6.10 Å². The van der Waals surface area contributed by atoms with Crippen LogP contribution < -0.4 is 0 Å². The fourth-order valence-electron chi connectivity index (χ4n) is 3.11. The van der Waals surface area contributed by atoms with E-state index in [2.05, 4.69) is 13.8 Å². The van der Waals surface area contributed by atoms with E-state index in [1.54, 1.807) is 0 Å². The number of benzene rings is 1. The predicted molar refractivity (Wildman–Crippen MR) is 87.6 cm³/mol. The molecular weight excluding hydrogens is 276 g/mol. The average molecular weight is 304 g/mol. The Morgan fingerprint density at radius 2 is 1.86 bits per heavy atom. The highest BCUT2D eigenvalue weighted by molar-refractivity contribution is 5.88. The molecule has 0 N–H and O–H groups in total. The first-order chi connectivity index (χ1) is 10.7. The average Bonchev–Trinajstić information content (AvgIpc) is 2.58. The zero-order valence-electron chi connectivity index (χ0n) is 13.8. The molecule has 3 nitrogen and oxygen atoms in total. The van der Waals surface area contributed by atoms with Crippen molar-refractivity contribution >= 4 is 5.97 Å². The summed E-state index contributed by atoms with van der Waals surface area (Å²) in [5, 5.41) is 0. The largest absolute Gasteiger partial charge is 0.373 e. The zero-order chi connectivity index (χ0) is 15.8. The van der Waals surface area contributed by atoms with E-state index in [-0.39, 0.29) is 12.1 Å². The van der Waals surface area contributed by atoms with Gasteiger partial charge < -0.3 is 0 Å². The molecular formula is C19H28O3. The van der Waals surface area contributed by atoms with Gasteiger partial charge in [-0.3, -0.25) is 4.89 Å². The summed E-state index contributed by atoms with van der Waals surface area (Å²) in [4.78, 5) is 22.6. The lowest BCUT2D eigenvalue weighted by Crippen LogP contribution is -2.28. The molecule has 3 heteroatoms. The smallest absolute Gasteiger partial charge is 0.293 e. The Hall–Kier alpha value is -1.35. The van der Waals surface area contributed by atoms with Gasteiger partial charge in [0.25, 0.3) is 0 Å². The van der Waals surface area contributed by atoms with Crippen molar-refractivity contribution < 1.29 is 14.6 Å². The van der Waals surface area contributed by atoms with Crippen LogP contribution in [0.25, 0.3) is 0 Å². The normalized spacial score (nSPS) is 21.5. The second kappa shape index (κ2) is 8.94. The van der Waals surface area contributed by atoms with Gasteiger partial charge in [0, 0.05) is 0 Å². The van der Waals surface area contributed by atoms with Gasteiger partial charge in [0.05, 0.1) is 5.56 Å². The summed E-state index contributed by atoms with van der Waals surface area (Å²) in [5.41, 5.74) is 1.82. The van der Waals surface area contributed by atoms with E-state index >= 15 is 0 Å². The fraction of sp³-hybridized carbons (Fsp3) is 0.632. The summed E-state index contributed by atoms with van der Waals surface area (Å²) in [5.74, 6) is 0.125. The third-order valence-corrected chi connectivity index (χ3v) is 4.62. The number of hydrogen-bond acceptors (Lipinski definition) is 3. The van der Waals surface area contributed by atoms with Crippen LogP contribution >= 0.6 is 0 Å². The van der Waals surface area contributed by atoms with Crippen LogP contribution in [0, 0.1) is 5.92 Å². The molecule has 0 spiro atoms. The first-order valence-electron chi connectivity index (χ1n) is 8.71. The molecule has 0 bridgehead atoms. The molecule has 0 amide bonds. The lowest BCUT2D eigenvalue weighted by Gasteiger charge is -2.28. The van der Waals surface area contributed by atoms with E-state index < -0.39 is 0 Å². The molecule has 2 unspecified atom stereocenters. The molecule has 1 aliphatic carbocycles. The summed E-state index contributed by atoms with van der Waals surface area (Å²) in [7, 11) is 0. The van der Waals surface area contributed by atoms with Crippen molar-refractivity contribution in [3.05, 3.63) is 35.4 Å². The third-order valence-electron chi connectivity index (χ3n) is 4.62. The lowest BCUT2D eigenvalue weighted by atomic mass is 9.85. The minimum atomic E-state index is -0.387. The Kier molecular flexibility index (Phi) is 6.91. The highest BCUT2D eigenvalue weighted by Crippen LogP contribution is 2.29. The van der Waals surface area contributed by atoms with Crippen LogP contribution in [-0.2, 0) is 16.2 Å². The van der Waals surface area contributed by atoms with Gasteiger partial charge in [-0.05, 0) is 49.3 Å². The number of carbonyl (C=O) groups excluding carboxylic acids is 1. The van der Waals surface area contributed by atoms with E-state index in [4.69, 9.17) is 9.78 Å². The monoisotopic (exact) mass is 304 g/mol. The molecule has 1 aliphatic rings. The van der Waals surface area contributed by atoms with E-state index in [0.29, 0.717) is 11.5 Å². The Morgan fingerprint density at radius 3 is 2.55 bits per heavy atom. The van der Waals surface area contributed by atoms with Gasteiger partial charge >= 0.3 is 5.97 Å². The van der Waals surface area contributed by atoms with Gasteiger partial charge in [0.2, 0.25) is 0 Å². The molecule has 1 aromatic rings. The fourth-order valence-corrected chi connectivity index (χ4v) is 3.11. The minimum Gasteiger partial charge on any atom is -0.293 e. The second-order valence-corrected chi connectivity index (χ2v) is 6.26. The maximum atomic E-state index is 12.1. The molecule has 1 aromatic carbocycles. The molecule has 0 aliphatic heterocycles. The van der Waals surface area contributed by atoms with Crippen LogP contribution in [-0.4, -0.2) is 12.1 Å². The number of carbonyl (C=O) groups is 1. The summed E-state index contributed by atoms with van der Waals surface area (Å²) in [6.45, 7) is 4.35. The first kappa shape index (κ1) is 17.0. The molecule has 0 saturated heterocycles. The van der Waals surface area contributed by atoms with Crippen molar-refractivity contribution in [3.63, 3.8) is 0 Å². The van der Waals surface area contributed by atoms with Crippen LogP contribution in [0.3, 0.4) is 0 Å². The second-order valence-electron chi connectivity index (χ2n) is 6.26. The molecule has 2 rings (SSSR count). The van der Waals surface area contributed by atoms with Gasteiger partial charge in [0.15, 0.2) is 0 Å². The minimum absolute atomic E-state index is 0.0616. The summed E-state index contributed by atoms with van der Waals surface area (Å²) >= 11 is 0. The standard InChI is InChI=1S/C19H28O3/c1-3-5-8-15-11-13-17(14-12-15)19(20)22-21-18-10-7-6-9-16(18)4-2/h11-14,16,18H,3-10H2,1-2H3. The molecule has 122 valence electrons. The number of unbranched alkanes of at least 4 members (excludes halogenated alkanes) is 1. The molecule has 2 atom stereocenters. The summed E-state index contributed by atoms with van der Waals surface area (Å²) in [6, 6.07) is 7.66. The Morgan fingerprint density at radius 1 is 1.14 bits per heavy atom. The van der Waals surface area contributed by atoms with E-state index in [0.717, 1.165) is 25.7 Å². The number of hydrogen-bond donors (Lipinski definition) is 0. The zero-order valence-corrected chi connectivity index (χ0v) is 13.8. The van der Waals surface area contributed by atoms with Crippen LogP contribution in [0.15, 0.2) is 24.3 Å². The van der Waals surface area contributed by atoms with Gasteiger partial charge in [-0.2, -0.15) is 4.89 Å². The van der Waals surface area contributed by atoms with Crippen molar-refractivity contribution in [2.24, 2.45) is 5.92 Å². The Labute approximate surface area is 133 Å². The van der Waals surface area contributed by atoms with Crippen LogP contribution in [0.4, 0.5) is 0 Å². The SMILES string of the molecule is CCCCc1ccc(C(=O)OOC2CCCCC2CC)cc1. The predicted octanol–water partition coefficient (Wildman–Crippen LogP) is 5.09. The molecule has 0 aromatic heterocycles. The van der Waals surface area contributed by atoms with E-state index in [1.165, 1.54) is 31.2 Å². The highest BCUT2D eigenvalue weighted by Gasteiger charge is 2.26. The topological polar surface area (TPSA) is 35.5 Å². The van der Waals surface area contributed by atoms with Gasteiger partial charge in [-0.15, -0.1) is 0 Å².